The topological polar surface area (TPSA) is 94.3 Å². The van der Waals surface area contributed by atoms with Gasteiger partial charge in [0.2, 0.25) is 0 Å². The third-order valence-corrected chi connectivity index (χ3v) is 3.68. The van der Waals surface area contributed by atoms with Crippen LogP contribution in [0.2, 0.25) is 0 Å². The van der Waals surface area contributed by atoms with Crippen LogP contribution in [0.3, 0.4) is 0 Å². The summed E-state index contributed by atoms with van der Waals surface area (Å²) in [5.41, 5.74) is 6.22. The summed E-state index contributed by atoms with van der Waals surface area (Å²) in [7, 11) is 0. The van der Waals surface area contributed by atoms with Crippen LogP contribution >= 0.6 is 0 Å². The average Bonchev–Trinajstić information content (AvgIpc) is 2.63. The molecule has 1 heterocycles. The number of carbonyl (C=O) groups is 2. The van der Waals surface area contributed by atoms with Crippen molar-refractivity contribution in [2.45, 2.75) is 6.92 Å². The average molecular weight is 365 g/mol. The molecule has 0 aliphatic carbocycles. The zero-order valence-corrected chi connectivity index (χ0v) is 14.4. The number of nitrogens with zero attached hydrogens (tertiary/aromatic N) is 1. The molecule has 0 saturated carbocycles. The van der Waals surface area contributed by atoms with Gasteiger partial charge in [0, 0.05) is 5.69 Å². The molecule has 2 amide bonds. The quantitative estimate of drug-likeness (QED) is 0.721. The lowest BCUT2D eigenvalue weighted by Gasteiger charge is -2.08. The molecule has 0 saturated heterocycles. The number of hydrogen-bond donors (Lipinski definition) is 2. The van der Waals surface area contributed by atoms with Crippen LogP contribution in [0, 0.1) is 12.7 Å². The molecule has 0 bridgehead atoms. The second-order valence-corrected chi connectivity index (χ2v) is 5.81. The van der Waals surface area contributed by atoms with Crippen molar-refractivity contribution >= 4 is 17.5 Å². The number of hydrogen-bond acceptors (Lipinski definition) is 4. The number of nitrogens with two attached hydrogens (primary N) is 1. The van der Waals surface area contributed by atoms with Crippen LogP contribution in [0.5, 0.6) is 11.5 Å². The van der Waals surface area contributed by atoms with Crippen molar-refractivity contribution in [2.75, 3.05) is 5.32 Å². The van der Waals surface area contributed by atoms with Crippen LogP contribution in [0.25, 0.3) is 0 Å². The first-order chi connectivity index (χ1) is 12.9. The van der Waals surface area contributed by atoms with Gasteiger partial charge in [0.15, 0.2) is 0 Å². The highest BCUT2D eigenvalue weighted by molar-refractivity contribution is 6.03. The number of aryl methyl sites for hydroxylation is 1. The number of ether oxygens (including phenoxy) is 1. The molecule has 0 aliphatic heterocycles. The van der Waals surface area contributed by atoms with Crippen LogP contribution in [-0.4, -0.2) is 16.8 Å². The van der Waals surface area contributed by atoms with Crippen LogP contribution in [0.4, 0.5) is 10.1 Å². The maximum Gasteiger partial charge on any atom is 0.274 e. The zero-order chi connectivity index (χ0) is 19.4. The lowest BCUT2D eigenvalue weighted by molar-refractivity contribution is 0.0992. The Morgan fingerprint density at radius 1 is 1.07 bits per heavy atom. The molecular weight excluding hydrogens is 349 g/mol. The molecule has 0 unspecified atom stereocenters. The van der Waals surface area contributed by atoms with Gasteiger partial charge in [-0.1, -0.05) is 12.1 Å². The zero-order valence-electron chi connectivity index (χ0n) is 14.4. The van der Waals surface area contributed by atoms with Crippen molar-refractivity contribution in [2.24, 2.45) is 5.73 Å². The summed E-state index contributed by atoms with van der Waals surface area (Å²) in [6, 6.07) is 14.2. The van der Waals surface area contributed by atoms with E-state index in [1.165, 1.54) is 24.4 Å². The van der Waals surface area contributed by atoms with Gasteiger partial charge in [0.25, 0.3) is 11.8 Å². The van der Waals surface area contributed by atoms with Gasteiger partial charge in [-0.15, -0.1) is 0 Å². The van der Waals surface area contributed by atoms with E-state index in [0.717, 1.165) is 11.6 Å². The fourth-order valence-corrected chi connectivity index (χ4v) is 2.38. The van der Waals surface area contributed by atoms with Crippen LogP contribution in [0.1, 0.15) is 26.4 Å². The number of carbonyl (C=O) groups excluding carboxylic acids is 2. The summed E-state index contributed by atoms with van der Waals surface area (Å²) in [6.07, 6.45) is 1.43. The molecule has 136 valence electrons. The van der Waals surface area contributed by atoms with Gasteiger partial charge in [0.1, 0.15) is 23.0 Å². The normalized spacial score (nSPS) is 10.3. The number of halogens is 1. The van der Waals surface area contributed by atoms with Gasteiger partial charge >= 0.3 is 0 Å². The fraction of sp³-hybridized carbons (Fsp3) is 0.0500. The monoisotopic (exact) mass is 365 g/mol. The number of aromatic nitrogens is 1. The number of benzene rings is 2. The predicted molar refractivity (Wildman–Crippen MR) is 98.4 cm³/mol. The highest BCUT2D eigenvalue weighted by Gasteiger charge is 2.12. The van der Waals surface area contributed by atoms with Crippen LogP contribution < -0.4 is 15.8 Å². The molecule has 0 spiro atoms. The van der Waals surface area contributed by atoms with E-state index in [1.807, 2.05) is 31.2 Å². The van der Waals surface area contributed by atoms with E-state index >= 15 is 0 Å². The van der Waals surface area contributed by atoms with E-state index in [4.69, 9.17) is 10.5 Å². The molecule has 3 N–H and O–H groups in total. The minimum Gasteiger partial charge on any atom is -0.456 e. The first-order valence-corrected chi connectivity index (χ1v) is 8.03. The summed E-state index contributed by atoms with van der Waals surface area (Å²) in [4.78, 5) is 27.5. The molecule has 27 heavy (non-hydrogen) atoms. The van der Waals surface area contributed by atoms with Crippen LogP contribution in [0.15, 0.2) is 60.8 Å². The number of primary amides is 1. The van der Waals surface area contributed by atoms with E-state index in [9.17, 15) is 14.0 Å². The molecule has 3 rings (SSSR count). The van der Waals surface area contributed by atoms with Gasteiger partial charge in [0.05, 0.1) is 11.8 Å². The number of rotatable bonds is 5. The second-order valence-electron chi connectivity index (χ2n) is 5.81. The van der Waals surface area contributed by atoms with Crippen molar-refractivity contribution < 1.29 is 18.7 Å². The second kappa shape index (κ2) is 7.65. The Labute approximate surface area is 154 Å². The minimum absolute atomic E-state index is 0.136. The summed E-state index contributed by atoms with van der Waals surface area (Å²) in [5.74, 6) is -1.04. The SMILES string of the molecule is Cc1cccc(Oc2ccc(C(=O)Nc3ccc(F)c(C(N)=O)c3)nc2)c1. The van der Waals surface area contributed by atoms with Crippen molar-refractivity contribution in [1.29, 1.82) is 0 Å². The van der Waals surface area contributed by atoms with Crippen molar-refractivity contribution in [3.63, 3.8) is 0 Å². The van der Waals surface area contributed by atoms with Crippen molar-refractivity contribution in [3.8, 4) is 11.5 Å². The predicted octanol–water partition coefficient (Wildman–Crippen LogP) is 3.67. The Morgan fingerprint density at radius 2 is 1.89 bits per heavy atom. The molecule has 0 aliphatic rings. The Balaban J connectivity index is 1.71. The van der Waals surface area contributed by atoms with E-state index in [-0.39, 0.29) is 16.9 Å². The summed E-state index contributed by atoms with van der Waals surface area (Å²) in [5, 5.41) is 2.54. The molecule has 0 fully saturated rings. The summed E-state index contributed by atoms with van der Waals surface area (Å²) in [6.45, 7) is 1.96. The van der Waals surface area contributed by atoms with E-state index in [2.05, 4.69) is 10.3 Å². The van der Waals surface area contributed by atoms with Gasteiger partial charge in [-0.3, -0.25) is 9.59 Å². The molecule has 6 nitrogen and oxygen atoms in total. The highest BCUT2D eigenvalue weighted by Crippen LogP contribution is 2.22. The van der Waals surface area contributed by atoms with Gasteiger partial charge < -0.3 is 15.8 Å². The number of nitrogens with one attached hydrogen (secondary N) is 1. The number of pyridine rings is 1. The summed E-state index contributed by atoms with van der Waals surface area (Å²) < 4.78 is 19.2. The van der Waals surface area contributed by atoms with Gasteiger partial charge in [-0.05, 0) is 55.0 Å². The highest BCUT2D eigenvalue weighted by atomic mass is 19.1. The molecule has 3 aromatic rings. The molecule has 0 radical (unpaired) electrons. The van der Waals surface area contributed by atoms with E-state index < -0.39 is 17.6 Å². The fourth-order valence-electron chi connectivity index (χ4n) is 2.38. The lowest BCUT2D eigenvalue weighted by Crippen LogP contribution is -2.16. The Kier molecular flexibility index (Phi) is 5.12. The third-order valence-electron chi connectivity index (χ3n) is 3.68. The van der Waals surface area contributed by atoms with Crippen molar-refractivity contribution in [1.82, 2.24) is 4.98 Å². The smallest absolute Gasteiger partial charge is 0.274 e. The standard InChI is InChI=1S/C20H16FN3O3/c1-12-3-2-4-14(9-12)27-15-6-8-18(23-11-15)20(26)24-13-5-7-17(21)16(10-13)19(22)25/h2-11H,1H3,(H2,22,25)(H,24,26). The van der Waals surface area contributed by atoms with E-state index in [1.54, 1.807) is 6.07 Å². The number of amides is 2. The maximum atomic E-state index is 13.5. The number of anilines is 1. The Bertz CT molecular complexity index is 1000. The molecule has 1 aromatic heterocycles. The van der Waals surface area contributed by atoms with Crippen molar-refractivity contribution in [3.05, 3.63) is 83.4 Å². The van der Waals surface area contributed by atoms with E-state index in [0.29, 0.717) is 11.5 Å². The molecule has 2 aromatic carbocycles. The van der Waals surface area contributed by atoms with Gasteiger partial charge in [-0.2, -0.15) is 0 Å². The summed E-state index contributed by atoms with van der Waals surface area (Å²) >= 11 is 0. The minimum atomic E-state index is -0.917. The Hall–Kier alpha value is -3.74. The molecule has 0 atom stereocenters. The van der Waals surface area contributed by atoms with Crippen LogP contribution in [-0.2, 0) is 0 Å². The lowest BCUT2D eigenvalue weighted by atomic mass is 10.1. The maximum absolute atomic E-state index is 13.5. The largest absolute Gasteiger partial charge is 0.456 e. The molecule has 7 heteroatoms. The molecular formula is C20H16FN3O3. The third kappa shape index (κ3) is 4.46. The Morgan fingerprint density at radius 3 is 2.56 bits per heavy atom. The first kappa shape index (κ1) is 18.1. The van der Waals surface area contributed by atoms with Gasteiger partial charge in [-0.25, -0.2) is 9.37 Å². The first-order valence-electron chi connectivity index (χ1n) is 8.03.